The van der Waals surface area contributed by atoms with Crippen LogP contribution in [0.2, 0.25) is 0 Å². The fraction of sp³-hybridized carbons (Fsp3) is 0.440. The van der Waals surface area contributed by atoms with Crippen LogP contribution in [0.5, 0.6) is 0 Å². The predicted molar refractivity (Wildman–Crippen MR) is 127 cm³/mol. The molecule has 0 spiro atoms. The number of fused-ring (bicyclic) bond motifs is 1. The molecule has 1 heterocycles. The number of hydrogen-bond donors (Lipinski definition) is 2. The van der Waals surface area contributed by atoms with Gasteiger partial charge >= 0.3 is 0 Å². The second kappa shape index (κ2) is 9.00. The fourth-order valence-corrected chi connectivity index (χ4v) is 4.64. The molecule has 0 bridgehead atoms. The molecule has 0 saturated heterocycles. The molecule has 0 radical (unpaired) electrons. The molecular formula is C25H33N5. The first kappa shape index (κ1) is 20.6. The maximum absolute atomic E-state index is 4.86. The van der Waals surface area contributed by atoms with Crippen LogP contribution < -0.4 is 10.6 Å². The van der Waals surface area contributed by atoms with Crippen molar-refractivity contribution in [2.24, 2.45) is 5.92 Å². The molecule has 1 aliphatic carbocycles. The summed E-state index contributed by atoms with van der Waals surface area (Å²) in [5.41, 5.74) is 4.61. The van der Waals surface area contributed by atoms with Crippen molar-refractivity contribution in [2.45, 2.75) is 38.6 Å². The lowest BCUT2D eigenvalue weighted by Crippen LogP contribution is -2.33. The van der Waals surface area contributed by atoms with Crippen LogP contribution in [-0.4, -0.2) is 48.6 Å². The molecule has 0 amide bonds. The van der Waals surface area contributed by atoms with Crippen molar-refractivity contribution in [3.8, 4) is 11.1 Å². The maximum atomic E-state index is 4.86. The van der Waals surface area contributed by atoms with Crippen molar-refractivity contribution in [2.75, 3.05) is 38.3 Å². The molecule has 5 nitrogen and oxygen atoms in total. The van der Waals surface area contributed by atoms with Crippen molar-refractivity contribution in [3.63, 3.8) is 0 Å². The largest absolute Gasteiger partial charge is 0.372 e. The molecule has 1 saturated carbocycles. The Morgan fingerprint density at radius 2 is 1.67 bits per heavy atom. The Labute approximate surface area is 179 Å². The highest BCUT2D eigenvalue weighted by Crippen LogP contribution is 2.34. The minimum atomic E-state index is 0.692. The molecule has 30 heavy (non-hydrogen) atoms. The molecule has 0 atom stereocenters. The Morgan fingerprint density at radius 3 is 2.37 bits per heavy atom. The van der Waals surface area contributed by atoms with Gasteiger partial charge in [-0.2, -0.15) is 4.98 Å². The zero-order chi connectivity index (χ0) is 21.1. The monoisotopic (exact) mass is 403 g/mol. The van der Waals surface area contributed by atoms with Gasteiger partial charge < -0.3 is 15.5 Å². The molecule has 1 aromatic heterocycles. The van der Waals surface area contributed by atoms with Crippen LogP contribution in [0.1, 0.15) is 31.2 Å². The molecule has 0 aliphatic heterocycles. The fourth-order valence-electron chi connectivity index (χ4n) is 4.64. The van der Waals surface area contributed by atoms with E-state index in [4.69, 9.17) is 9.97 Å². The summed E-state index contributed by atoms with van der Waals surface area (Å²) in [7, 11) is 6.32. The summed E-state index contributed by atoms with van der Waals surface area (Å²) in [6.07, 6.45) is 5.08. The molecule has 2 aromatic carbocycles. The van der Waals surface area contributed by atoms with E-state index in [0.29, 0.717) is 11.9 Å². The molecule has 158 valence electrons. The zero-order valence-electron chi connectivity index (χ0n) is 18.6. The molecule has 3 aromatic rings. The standard InChI is InChI=1S/C25H33N5/c1-17-8-5-6-9-20(17)21-10-7-11-22-23(21)24(26-2)29-25(28-22)27-16-18-12-14-19(15-13-18)30(3)4/h5-11,18-19H,12-16H2,1-4H3,(H2,26,27,28,29). The molecule has 2 N–H and O–H groups in total. The lowest BCUT2D eigenvalue weighted by Gasteiger charge is -2.32. The first-order chi connectivity index (χ1) is 14.6. The number of aryl methyl sites for hydroxylation is 1. The van der Waals surface area contributed by atoms with E-state index in [2.05, 4.69) is 79.0 Å². The summed E-state index contributed by atoms with van der Waals surface area (Å²) in [6, 6.07) is 15.5. The molecule has 4 rings (SSSR count). The summed E-state index contributed by atoms with van der Waals surface area (Å²) in [6.45, 7) is 3.08. The van der Waals surface area contributed by atoms with E-state index >= 15 is 0 Å². The van der Waals surface area contributed by atoms with Crippen molar-refractivity contribution in [3.05, 3.63) is 48.0 Å². The highest BCUT2D eigenvalue weighted by atomic mass is 15.1. The Kier molecular flexibility index (Phi) is 6.18. The quantitative estimate of drug-likeness (QED) is 0.594. The van der Waals surface area contributed by atoms with Gasteiger partial charge in [0.15, 0.2) is 0 Å². The van der Waals surface area contributed by atoms with E-state index in [-0.39, 0.29) is 0 Å². The summed E-state index contributed by atoms with van der Waals surface area (Å²) in [4.78, 5) is 12.0. The van der Waals surface area contributed by atoms with E-state index in [0.717, 1.165) is 29.3 Å². The molecular weight excluding hydrogens is 370 g/mol. The Bertz CT molecular complexity index is 1010. The first-order valence-corrected chi connectivity index (χ1v) is 11.0. The van der Waals surface area contributed by atoms with Crippen LogP contribution in [0, 0.1) is 12.8 Å². The number of benzene rings is 2. The van der Waals surface area contributed by atoms with Gasteiger partial charge in [0.2, 0.25) is 5.95 Å². The summed E-state index contributed by atoms with van der Waals surface area (Å²) >= 11 is 0. The number of nitrogens with zero attached hydrogens (tertiary/aromatic N) is 3. The van der Waals surface area contributed by atoms with E-state index < -0.39 is 0 Å². The van der Waals surface area contributed by atoms with Gasteiger partial charge in [0, 0.05) is 19.6 Å². The van der Waals surface area contributed by atoms with E-state index in [1.807, 2.05) is 7.05 Å². The Hall–Kier alpha value is -2.66. The SMILES string of the molecule is CNc1nc(NCC2CCC(N(C)C)CC2)nc2cccc(-c3ccccc3C)c12. The lowest BCUT2D eigenvalue weighted by molar-refractivity contribution is 0.198. The summed E-state index contributed by atoms with van der Waals surface area (Å²) in [5.74, 6) is 2.28. The summed E-state index contributed by atoms with van der Waals surface area (Å²) in [5, 5.41) is 7.89. The van der Waals surface area contributed by atoms with Crippen LogP contribution in [0.3, 0.4) is 0 Å². The van der Waals surface area contributed by atoms with Gasteiger partial charge in [-0.15, -0.1) is 0 Å². The van der Waals surface area contributed by atoms with Gasteiger partial charge in [-0.3, -0.25) is 0 Å². The van der Waals surface area contributed by atoms with Crippen LogP contribution in [0.15, 0.2) is 42.5 Å². The van der Waals surface area contributed by atoms with Crippen molar-refractivity contribution in [1.29, 1.82) is 0 Å². The summed E-state index contributed by atoms with van der Waals surface area (Å²) < 4.78 is 0. The third-order valence-corrected chi connectivity index (χ3v) is 6.49. The van der Waals surface area contributed by atoms with E-state index in [9.17, 15) is 0 Å². The van der Waals surface area contributed by atoms with Crippen LogP contribution in [-0.2, 0) is 0 Å². The molecule has 1 aliphatic rings. The molecule has 0 unspecified atom stereocenters. The average molecular weight is 404 g/mol. The Balaban J connectivity index is 1.57. The van der Waals surface area contributed by atoms with Gasteiger partial charge in [-0.25, -0.2) is 4.98 Å². The zero-order valence-corrected chi connectivity index (χ0v) is 18.6. The normalized spacial score (nSPS) is 19.2. The van der Waals surface area contributed by atoms with Crippen molar-refractivity contribution < 1.29 is 0 Å². The van der Waals surface area contributed by atoms with Crippen LogP contribution >= 0.6 is 0 Å². The third kappa shape index (κ3) is 4.26. The topological polar surface area (TPSA) is 53.1 Å². The highest BCUT2D eigenvalue weighted by molar-refractivity contribution is 6.02. The van der Waals surface area contributed by atoms with E-state index in [1.165, 1.54) is 42.4 Å². The molecule has 5 heteroatoms. The average Bonchev–Trinajstić information content (AvgIpc) is 2.77. The maximum Gasteiger partial charge on any atom is 0.225 e. The van der Waals surface area contributed by atoms with Crippen LogP contribution in [0.4, 0.5) is 11.8 Å². The Morgan fingerprint density at radius 1 is 0.933 bits per heavy atom. The van der Waals surface area contributed by atoms with Gasteiger partial charge in [0.25, 0.3) is 0 Å². The van der Waals surface area contributed by atoms with Crippen molar-refractivity contribution in [1.82, 2.24) is 14.9 Å². The smallest absolute Gasteiger partial charge is 0.225 e. The van der Waals surface area contributed by atoms with Gasteiger partial charge in [-0.05, 0) is 75.4 Å². The van der Waals surface area contributed by atoms with Gasteiger partial charge in [0.05, 0.1) is 10.9 Å². The predicted octanol–water partition coefficient (Wildman–Crippen LogP) is 5.18. The first-order valence-electron chi connectivity index (χ1n) is 11.0. The second-order valence-corrected chi connectivity index (χ2v) is 8.68. The number of aromatic nitrogens is 2. The second-order valence-electron chi connectivity index (χ2n) is 8.68. The number of rotatable bonds is 6. The van der Waals surface area contributed by atoms with E-state index in [1.54, 1.807) is 0 Å². The third-order valence-electron chi connectivity index (χ3n) is 6.49. The highest BCUT2D eigenvalue weighted by Gasteiger charge is 2.22. The molecule has 1 fully saturated rings. The van der Waals surface area contributed by atoms with Gasteiger partial charge in [0.1, 0.15) is 5.82 Å². The number of anilines is 2. The minimum absolute atomic E-state index is 0.692. The van der Waals surface area contributed by atoms with Crippen molar-refractivity contribution >= 4 is 22.7 Å². The lowest BCUT2D eigenvalue weighted by atomic mass is 9.85. The van der Waals surface area contributed by atoms with Gasteiger partial charge in [-0.1, -0.05) is 36.4 Å². The minimum Gasteiger partial charge on any atom is -0.372 e. The van der Waals surface area contributed by atoms with Crippen LogP contribution in [0.25, 0.3) is 22.0 Å². The number of nitrogens with one attached hydrogen (secondary N) is 2. The number of hydrogen-bond acceptors (Lipinski definition) is 5.